The van der Waals surface area contributed by atoms with Crippen LogP contribution in [-0.4, -0.2) is 37.0 Å². The van der Waals surface area contributed by atoms with Gasteiger partial charge in [-0.1, -0.05) is 12.8 Å². The molecule has 0 amide bonds. The Morgan fingerprint density at radius 1 is 1.31 bits per heavy atom. The van der Waals surface area contributed by atoms with Crippen LogP contribution in [0.25, 0.3) is 0 Å². The van der Waals surface area contributed by atoms with Gasteiger partial charge in [0.2, 0.25) is 0 Å². The summed E-state index contributed by atoms with van der Waals surface area (Å²) in [6, 6.07) is 0.740. The van der Waals surface area contributed by atoms with Crippen molar-refractivity contribution in [2.24, 2.45) is 4.99 Å². The zero-order chi connectivity index (χ0) is 9.10. The summed E-state index contributed by atoms with van der Waals surface area (Å²) >= 11 is 0. The third-order valence-corrected chi connectivity index (χ3v) is 3.09. The van der Waals surface area contributed by atoms with Crippen molar-refractivity contribution in [1.82, 2.24) is 10.2 Å². The summed E-state index contributed by atoms with van der Waals surface area (Å²) in [5.74, 6) is 1.12. The van der Waals surface area contributed by atoms with E-state index >= 15 is 0 Å². The van der Waals surface area contributed by atoms with Gasteiger partial charge in [-0.15, -0.1) is 0 Å². The Balaban J connectivity index is 1.94. The molecule has 1 fully saturated rings. The monoisotopic (exact) mass is 181 g/mol. The minimum atomic E-state index is 0.740. The van der Waals surface area contributed by atoms with Crippen molar-refractivity contribution < 1.29 is 0 Å². The largest absolute Gasteiger partial charge is 0.356 e. The molecule has 74 valence electrons. The van der Waals surface area contributed by atoms with Gasteiger partial charge in [-0.2, -0.15) is 0 Å². The van der Waals surface area contributed by atoms with E-state index in [1.807, 2.05) is 0 Å². The highest BCUT2D eigenvalue weighted by Gasteiger charge is 2.22. The molecule has 1 aliphatic carbocycles. The van der Waals surface area contributed by atoms with Crippen molar-refractivity contribution in [3.63, 3.8) is 0 Å². The third kappa shape index (κ3) is 1.95. The first-order valence-corrected chi connectivity index (χ1v) is 5.39. The van der Waals surface area contributed by atoms with Crippen LogP contribution in [0.5, 0.6) is 0 Å². The molecule has 2 aliphatic rings. The van der Waals surface area contributed by atoms with E-state index in [9.17, 15) is 0 Å². The SMILES string of the molecule is CN(C1=NCCCN1)C1CCCC1. The number of rotatable bonds is 1. The summed E-state index contributed by atoms with van der Waals surface area (Å²) in [5, 5.41) is 3.37. The minimum Gasteiger partial charge on any atom is -0.356 e. The van der Waals surface area contributed by atoms with Gasteiger partial charge >= 0.3 is 0 Å². The molecule has 0 aromatic carbocycles. The quantitative estimate of drug-likeness (QED) is 0.658. The molecular formula is C10H19N3. The van der Waals surface area contributed by atoms with Crippen LogP contribution in [0.1, 0.15) is 32.1 Å². The maximum absolute atomic E-state index is 4.51. The normalized spacial score (nSPS) is 23.9. The van der Waals surface area contributed by atoms with E-state index < -0.39 is 0 Å². The summed E-state index contributed by atoms with van der Waals surface area (Å²) in [5.41, 5.74) is 0. The van der Waals surface area contributed by atoms with Crippen LogP contribution in [0.3, 0.4) is 0 Å². The van der Waals surface area contributed by atoms with Gasteiger partial charge in [0.1, 0.15) is 0 Å². The topological polar surface area (TPSA) is 27.6 Å². The Morgan fingerprint density at radius 2 is 2.08 bits per heavy atom. The fraction of sp³-hybridized carbons (Fsp3) is 0.900. The second-order valence-corrected chi connectivity index (χ2v) is 4.03. The van der Waals surface area contributed by atoms with Crippen molar-refractivity contribution >= 4 is 5.96 Å². The number of nitrogens with one attached hydrogen (secondary N) is 1. The van der Waals surface area contributed by atoms with Crippen molar-refractivity contribution in [1.29, 1.82) is 0 Å². The molecule has 0 atom stereocenters. The van der Waals surface area contributed by atoms with Crippen LogP contribution in [0.15, 0.2) is 4.99 Å². The van der Waals surface area contributed by atoms with E-state index in [2.05, 4.69) is 22.3 Å². The summed E-state index contributed by atoms with van der Waals surface area (Å²) in [7, 11) is 2.17. The van der Waals surface area contributed by atoms with Crippen molar-refractivity contribution in [2.45, 2.75) is 38.1 Å². The molecule has 0 saturated heterocycles. The van der Waals surface area contributed by atoms with Gasteiger partial charge in [0, 0.05) is 26.2 Å². The summed E-state index contributed by atoms with van der Waals surface area (Å²) in [6.07, 6.45) is 6.65. The van der Waals surface area contributed by atoms with Crippen LogP contribution in [0.4, 0.5) is 0 Å². The van der Waals surface area contributed by atoms with E-state index in [1.54, 1.807) is 0 Å². The van der Waals surface area contributed by atoms with E-state index in [0.29, 0.717) is 0 Å². The molecular weight excluding hydrogens is 162 g/mol. The first kappa shape index (κ1) is 8.85. The summed E-state index contributed by atoms with van der Waals surface area (Å²) in [4.78, 5) is 6.84. The second-order valence-electron chi connectivity index (χ2n) is 4.03. The fourth-order valence-electron chi connectivity index (χ4n) is 2.22. The lowest BCUT2D eigenvalue weighted by Gasteiger charge is -2.29. The Labute approximate surface area is 80.2 Å². The number of aliphatic imine (C=N–C) groups is 1. The van der Waals surface area contributed by atoms with E-state index in [4.69, 9.17) is 0 Å². The maximum atomic E-state index is 4.51. The van der Waals surface area contributed by atoms with E-state index in [0.717, 1.165) is 25.1 Å². The molecule has 0 bridgehead atoms. The smallest absolute Gasteiger partial charge is 0.193 e. The Kier molecular flexibility index (Phi) is 2.71. The number of nitrogens with zero attached hydrogens (tertiary/aromatic N) is 2. The van der Waals surface area contributed by atoms with Crippen LogP contribution in [0, 0.1) is 0 Å². The molecule has 1 aliphatic heterocycles. The van der Waals surface area contributed by atoms with Crippen molar-refractivity contribution in [3.8, 4) is 0 Å². The van der Waals surface area contributed by atoms with Gasteiger partial charge in [0.25, 0.3) is 0 Å². The summed E-state index contributed by atoms with van der Waals surface area (Å²) in [6.45, 7) is 2.09. The molecule has 3 heteroatoms. The predicted octanol–water partition coefficient (Wildman–Crippen LogP) is 1.21. The molecule has 0 unspecified atom stereocenters. The first-order valence-electron chi connectivity index (χ1n) is 5.39. The van der Waals surface area contributed by atoms with Gasteiger partial charge in [-0.05, 0) is 19.3 Å². The van der Waals surface area contributed by atoms with Gasteiger partial charge in [0.15, 0.2) is 5.96 Å². The average molecular weight is 181 g/mol. The molecule has 3 nitrogen and oxygen atoms in total. The van der Waals surface area contributed by atoms with Crippen molar-refractivity contribution in [2.75, 3.05) is 20.1 Å². The van der Waals surface area contributed by atoms with Gasteiger partial charge in [-0.25, -0.2) is 0 Å². The molecule has 2 rings (SSSR count). The Bertz CT molecular complexity index is 194. The number of hydrogen-bond donors (Lipinski definition) is 1. The molecule has 0 aromatic rings. The molecule has 1 saturated carbocycles. The zero-order valence-corrected chi connectivity index (χ0v) is 8.42. The lowest BCUT2D eigenvalue weighted by molar-refractivity contribution is 0.354. The molecule has 0 radical (unpaired) electrons. The average Bonchev–Trinajstić information content (AvgIpc) is 2.71. The highest BCUT2D eigenvalue weighted by molar-refractivity contribution is 5.80. The van der Waals surface area contributed by atoms with E-state index in [-0.39, 0.29) is 0 Å². The highest BCUT2D eigenvalue weighted by atomic mass is 15.3. The van der Waals surface area contributed by atoms with Crippen LogP contribution >= 0.6 is 0 Å². The zero-order valence-electron chi connectivity index (χ0n) is 8.42. The van der Waals surface area contributed by atoms with Gasteiger partial charge < -0.3 is 10.2 Å². The van der Waals surface area contributed by atoms with Crippen molar-refractivity contribution in [3.05, 3.63) is 0 Å². The third-order valence-electron chi connectivity index (χ3n) is 3.09. The fourth-order valence-corrected chi connectivity index (χ4v) is 2.22. The lowest BCUT2D eigenvalue weighted by atomic mass is 10.2. The molecule has 1 N–H and O–H groups in total. The van der Waals surface area contributed by atoms with Crippen LogP contribution < -0.4 is 5.32 Å². The predicted molar refractivity (Wildman–Crippen MR) is 54.9 cm³/mol. The highest BCUT2D eigenvalue weighted by Crippen LogP contribution is 2.22. The summed E-state index contributed by atoms with van der Waals surface area (Å²) < 4.78 is 0. The Hall–Kier alpha value is -0.730. The number of hydrogen-bond acceptors (Lipinski definition) is 3. The van der Waals surface area contributed by atoms with Gasteiger partial charge in [-0.3, -0.25) is 4.99 Å². The number of guanidine groups is 1. The standard InChI is InChI=1S/C10H19N3/c1-13(9-5-2-3-6-9)10-11-7-4-8-12-10/h9H,2-8H2,1H3,(H,11,12). The Morgan fingerprint density at radius 3 is 2.69 bits per heavy atom. The minimum absolute atomic E-state index is 0.740. The van der Waals surface area contributed by atoms with E-state index in [1.165, 1.54) is 32.1 Å². The molecule has 13 heavy (non-hydrogen) atoms. The maximum Gasteiger partial charge on any atom is 0.193 e. The van der Waals surface area contributed by atoms with Crippen LogP contribution in [-0.2, 0) is 0 Å². The molecule has 1 heterocycles. The first-order chi connectivity index (χ1) is 6.38. The van der Waals surface area contributed by atoms with Crippen LogP contribution in [0.2, 0.25) is 0 Å². The van der Waals surface area contributed by atoms with Gasteiger partial charge in [0.05, 0.1) is 0 Å². The molecule has 0 spiro atoms. The lowest BCUT2D eigenvalue weighted by Crippen LogP contribution is -2.46. The second kappa shape index (κ2) is 3.99. The molecule has 0 aromatic heterocycles.